The molecule has 152 valence electrons. The molecule has 0 aliphatic carbocycles. The lowest BCUT2D eigenvalue weighted by Gasteiger charge is -2.23. The number of hydrogen-bond acceptors (Lipinski definition) is 5. The van der Waals surface area contributed by atoms with Gasteiger partial charge in [0, 0.05) is 10.6 Å². The molecule has 1 atom stereocenters. The molecule has 2 aromatic carbocycles. The first-order valence-corrected chi connectivity index (χ1v) is 10.5. The molecule has 0 saturated carbocycles. The third-order valence-electron chi connectivity index (χ3n) is 4.48. The average molecular weight is 413 g/mol. The Hall–Kier alpha value is -2.80. The molecule has 0 fully saturated rings. The van der Waals surface area contributed by atoms with E-state index in [2.05, 4.69) is 17.6 Å². The van der Waals surface area contributed by atoms with Crippen molar-refractivity contribution in [3.63, 3.8) is 0 Å². The number of thioether (sulfide) groups is 1. The minimum absolute atomic E-state index is 0.0930. The number of aryl methyl sites for hydroxylation is 1. The molecule has 0 unspecified atom stereocenters. The fourth-order valence-electron chi connectivity index (χ4n) is 2.92. The van der Waals surface area contributed by atoms with Crippen LogP contribution in [0.5, 0.6) is 0 Å². The van der Waals surface area contributed by atoms with Crippen LogP contribution in [0.25, 0.3) is 0 Å². The average Bonchev–Trinajstić information content (AvgIpc) is 2.72. The second kappa shape index (κ2) is 10.1. The number of hydrogen-bond donors (Lipinski definition) is 2. The van der Waals surface area contributed by atoms with Crippen LogP contribution in [0.15, 0.2) is 53.4 Å². The first-order chi connectivity index (χ1) is 14.0. The molecule has 3 rings (SSSR count). The topological polar surface area (TPSA) is 84.5 Å². The van der Waals surface area contributed by atoms with Gasteiger partial charge in [-0.05, 0) is 42.7 Å². The standard InChI is InChI=1S/C22H24N2O4S/c1-2-3-6-15-9-11-16(12-10-15)23-20(25)14-28-21(26)13-19-22(27)24-17-7-4-5-8-18(17)29-19/h4-5,7-12,19H,2-3,6,13-14H2,1H3,(H,23,25)(H,24,27)/t19-/m1/s1. The SMILES string of the molecule is CCCCc1ccc(NC(=O)COC(=O)C[C@H]2Sc3ccccc3NC2=O)cc1. The first-order valence-electron chi connectivity index (χ1n) is 9.66. The van der Waals surface area contributed by atoms with E-state index >= 15 is 0 Å². The van der Waals surface area contributed by atoms with Gasteiger partial charge in [-0.3, -0.25) is 14.4 Å². The number of esters is 1. The van der Waals surface area contributed by atoms with Gasteiger partial charge in [-0.25, -0.2) is 0 Å². The van der Waals surface area contributed by atoms with Crippen molar-refractivity contribution in [1.82, 2.24) is 0 Å². The Bertz CT molecular complexity index is 883. The van der Waals surface area contributed by atoms with Gasteiger partial charge >= 0.3 is 5.97 Å². The maximum absolute atomic E-state index is 12.1. The Labute approximate surface area is 174 Å². The van der Waals surface area contributed by atoms with Crippen LogP contribution < -0.4 is 10.6 Å². The van der Waals surface area contributed by atoms with Gasteiger partial charge in [0.1, 0.15) is 0 Å². The molecule has 0 saturated heterocycles. The second-order valence-electron chi connectivity index (χ2n) is 6.81. The minimum Gasteiger partial charge on any atom is -0.456 e. The van der Waals surface area contributed by atoms with Crippen molar-refractivity contribution in [2.24, 2.45) is 0 Å². The lowest BCUT2D eigenvalue weighted by atomic mass is 10.1. The number of benzene rings is 2. The molecule has 29 heavy (non-hydrogen) atoms. The number of ether oxygens (including phenoxy) is 1. The predicted octanol–water partition coefficient (Wildman–Crippen LogP) is 4.01. The quantitative estimate of drug-likeness (QED) is 0.640. The summed E-state index contributed by atoms with van der Waals surface area (Å²) in [6.07, 6.45) is 3.19. The zero-order chi connectivity index (χ0) is 20.6. The lowest BCUT2D eigenvalue weighted by Crippen LogP contribution is -2.32. The summed E-state index contributed by atoms with van der Waals surface area (Å²) in [5, 5.41) is 4.92. The Balaban J connectivity index is 1.43. The number of para-hydroxylation sites is 1. The van der Waals surface area contributed by atoms with Crippen LogP contribution in [0.1, 0.15) is 31.7 Å². The number of anilines is 2. The largest absolute Gasteiger partial charge is 0.456 e. The maximum atomic E-state index is 12.1. The van der Waals surface area contributed by atoms with Crippen molar-refractivity contribution in [3.05, 3.63) is 54.1 Å². The fourth-order valence-corrected chi connectivity index (χ4v) is 4.01. The third kappa shape index (κ3) is 6.09. The molecule has 0 spiro atoms. The monoisotopic (exact) mass is 412 g/mol. The molecule has 1 aliphatic rings. The molecule has 2 amide bonds. The molecular weight excluding hydrogens is 388 g/mol. The smallest absolute Gasteiger partial charge is 0.307 e. The summed E-state index contributed by atoms with van der Waals surface area (Å²) in [6.45, 7) is 1.76. The normalized spacial score (nSPS) is 15.2. The molecule has 0 bridgehead atoms. The van der Waals surface area contributed by atoms with Crippen LogP contribution in [0, 0.1) is 0 Å². The number of nitrogens with one attached hydrogen (secondary N) is 2. The van der Waals surface area contributed by atoms with Crippen LogP contribution >= 0.6 is 11.8 Å². The highest BCUT2D eigenvalue weighted by atomic mass is 32.2. The van der Waals surface area contributed by atoms with Crippen LogP contribution in [0.4, 0.5) is 11.4 Å². The number of unbranched alkanes of at least 4 members (excludes halogenated alkanes) is 1. The van der Waals surface area contributed by atoms with E-state index in [1.54, 1.807) is 0 Å². The van der Waals surface area contributed by atoms with E-state index in [-0.39, 0.29) is 18.9 Å². The predicted molar refractivity (Wildman–Crippen MR) is 114 cm³/mol. The lowest BCUT2D eigenvalue weighted by molar-refractivity contribution is -0.147. The molecule has 0 radical (unpaired) electrons. The van der Waals surface area contributed by atoms with Gasteiger partial charge in [0.2, 0.25) is 5.91 Å². The van der Waals surface area contributed by atoms with Crippen molar-refractivity contribution in [3.8, 4) is 0 Å². The minimum atomic E-state index is -0.581. The summed E-state index contributed by atoms with van der Waals surface area (Å²) in [6, 6.07) is 15.1. The summed E-state index contributed by atoms with van der Waals surface area (Å²) in [5.74, 6) is -1.23. The molecule has 1 aliphatic heterocycles. The van der Waals surface area contributed by atoms with Crippen molar-refractivity contribution in [2.75, 3.05) is 17.2 Å². The highest BCUT2D eigenvalue weighted by molar-refractivity contribution is 8.01. The van der Waals surface area contributed by atoms with E-state index in [9.17, 15) is 14.4 Å². The van der Waals surface area contributed by atoms with Gasteiger partial charge < -0.3 is 15.4 Å². The Kier molecular flexibility index (Phi) is 7.30. The Morgan fingerprint density at radius 3 is 2.66 bits per heavy atom. The Morgan fingerprint density at radius 2 is 1.90 bits per heavy atom. The van der Waals surface area contributed by atoms with Gasteiger partial charge in [0.25, 0.3) is 5.91 Å². The fraction of sp³-hybridized carbons (Fsp3) is 0.318. The van der Waals surface area contributed by atoms with E-state index in [4.69, 9.17) is 4.74 Å². The molecule has 1 heterocycles. The molecular formula is C22H24N2O4S. The van der Waals surface area contributed by atoms with E-state index in [0.29, 0.717) is 5.69 Å². The second-order valence-corrected chi connectivity index (χ2v) is 8.05. The number of carbonyl (C=O) groups is 3. The summed E-state index contributed by atoms with van der Waals surface area (Å²) in [4.78, 5) is 37.1. The molecule has 2 aromatic rings. The van der Waals surface area contributed by atoms with E-state index in [1.165, 1.54) is 17.3 Å². The van der Waals surface area contributed by atoms with Gasteiger partial charge in [0.05, 0.1) is 17.4 Å². The van der Waals surface area contributed by atoms with Crippen LogP contribution in [0.2, 0.25) is 0 Å². The first kappa shape index (κ1) is 20.9. The van der Waals surface area contributed by atoms with Crippen molar-refractivity contribution >= 4 is 40.9 Å². The van der Waals surface area contributed by atoms with Gasteiger partial charge in [-0.1, -0.05) is 37.6 Å². The van der Waals surface area contributed by atoms with Gasteiger partial charge in [0.15, 0.2) is 6.61 Å². The zero-order valence-corrected chi connectivity index (χ0v) is 17.1. The van der Waals surface area contributed by atoms with Gasteiger partial charge in [-0.2, -0.15) is 0 Å². The zero-order valence-electron chi connectivity index (χ0n) is 16.3. The van der Waals surface area contributed by atoms with Crippen molar-refractivity contribution in [2.45, 2.75) is 42.8 Å². The molecule has 2 N–H and O–H groups in total. The summed E-state index contributed by atoms with van der Waals surface area (Å²) in [7, 11) is 0. The number of fused-ring (bicyclic) bond motifs is 1. The molecule has 7 heteroatoms. The van der Waals surface area contributed by atoms with Crippen LogP contribution in [-0.2, 0) is 25.5 Å². The van der Waals surface area contributed by atoms with Crippen molar-refractivity contribution < 1.29 is 19.1 Å². The van der Waals surface area contributed by atoms with Crippen LogP contribution in [0.3, 0.4) is 0 Å². The van der Waals surface area contributed by atoms with Crippen molar-refractivity contribution in [1.29, 1.82) is 0 Å². The third-order valence-corrected chi connectivity index (χ3v) is 5.75. The van der Waals surface area contributed by atoms with Gasteiger partial charge in [-0.15, -0.1) is 11.8 Å². The molecule has 6 nitrogen and oxygen atoms in total. The maximum Gasteiger partial charge on any atom is 0.307 e. The van der Waals surface area contributed by atoms with E-state index < -0.39 is 17.1 Å². The van der Waals surface area contributed by atoms with E-state index in [0.717, 1.165) is 29.8 Å². The summed E-state index contributed by atoms with van der Waals surface area (Å²) < 4.78 is 5.05. The Morgan fingerprint density at radius 1 is 1.14 bits per heavy atom. The van der Waals surface area contributed by atoms with Crippen LogP contribution in [-0.4, -0.2) is 29.6 Å². The number of amides is 2. The summed E-state index contributed by atoms with van der Waals surface area (Å²) >= 11 is 1.32. The highest BCUT2D eigenvalue weighted by Crippen LogP contribution is 2.36. The van der Waals surface area contributed by atoms with E-state index in [1.807, 2.05) is 48.5 Å². The molecule has 0 aromatic heterocycles. The summed E-state index contributed by atoms with van der Waals surface area (Å²) in [5.41, 5.74) is 2.62. The number of rotatable bonds is 8. The highest BCUT2D eigenvalue weighted by Gasteiger charge is 2.29. The number of carbonyl (C=O) groups excluding carboxylic acids is 3.